The maximum absolute atomic E-state index is 11.5. The molecule has 0 unspecified atom stereocenters. The van der Waals surface area contributed by atoms with Crippen molar-refractivity contribution in [2.75, 3.05) is 0 Å². The first-order chi connectivity index (χ1) is 8.33. The van der Waals surface area contributed by atoms with Crippen LogP contribution in [0, 0.1) is 0 Å². The number of nitrogens with one attached hydrogen (secondary N) is 1. The molecule has 1 fully saturated rings. The van der Waals surface area contributed by atoms with Crippen LogP contribution in [0.3, 0.4) is 0 Å². The maximum atomic E-state index is 11.5. The molecule has 0 atom stereocenters. The minimum absolute atomic E-state index is 0.0510. The van der Waals surface area contributed by atoms with Gasteiger partial charge in [-0.25, -0.2) is 0 Å². The Bertz CT molecular complexity index is 262. The van der Waals surface area contributed by atoms with E-state index in [9.17, 15) is 4.79 Å². The average molecular weight is 235 g/mol. The minimum atomic E-state index is 0.0510. The molecule has 0 saturated heterocycles. The maximum Gasteiger partial charge on any atom is 0.244 e. The second kappa shape index (κ2) is 9.03. The van der Waals surface area contributed by atoms with Gasteiger partial charge in [0.05, 0.1) is 0 Å². The second-order valence-electron chi connectivity index (χ2n) is 4.77. The lowest BCUT2D eigenvalue weighted by atomic mass is 10.2. The number of carbonyl (C=O) groups is 1. The number of allylic oxidation sites excluding steroid dienone is 3. The monoisotopic (exact) mass is 235 g/mol. The lowest BCUT2D eigenvalue weighted by Gasteiger charge is -2.08. The Balaban J connectivity index is 2.08. The highest BCUT2D eigenvalue weighted by Gasteiger charge is 2.15. The number of unbranched alkanes of at least 4 members (excludes halogenated alkanes) is 3. The van der Waals surface area contributed by atoms with Crippen LogP contribution in [-0.2, 0) is 4.79 Å². The molecule has 1 aliphatic carbocycles. The van der Waals surface area contributed by atoms with E-state index in [2.05, 4.69) is 18.3 Å². The summed E-state index contributed by atoms with van der Waals surface area (Å²) in [5.41, 5.74) is 0. The van der Waals surface area contributed by atoms with E-state index < -0.39 is 0 Å². The molecule has 17 heavy (non-hydrogen) atoms. The van der Waals surface area contributed by atoms with Gasteiger partial charge in [-0.1, -0.05) is 50.8 Å². The van der Waals surface area contributed by atoms with Gasteiger partial charge in [0.15, 0.2) is 0 Å². The van der Waals surface area contributed by atoms with Crippen LogP contribution < -0.4 is 5.32 Å². The summed E-state index contributed by atoms with van der Waals surface area (Å²) in [7, 11) is 0. The van der Waals surface area contributed by atoms with Crippen molar-refractivity contribution in [3.63, 3.8) is 0 Å². The smallest absolute Gasteiger partial charge is 0.244 e. The molecule has 1 amide bonds. The lowest BCUT2D eigenvalue weighted by Crippen LogP contribution is -2.30. The van der Waals surface area contributed by atoms with Crippen molar-refractivity contribution in [2.24, 2.45) is 0 Å². The van der Waals surface area contributed by atoms with Gasteiger partial charge in [0, 0.05) is 12.1 Å². The first-order valence-electron chi connectivity index (χ1n) is 6.96. The van der Waals surface area contributed by atoms with Crippen molar-refractivity contribution in [3.05, 3.63) is 24.3 Å². The summed E-state index contributed by atoms with van der Waals surface area (Å²) in [6, 6.07) is 0.417. The second-order valence-corrected chi connectivity index (χ2v) is 4.77. The molecule has 0 aromatic heterocycles. The highest BCUT2D eigenvalue weighted by molar-refractivity contribution is 5.87. The first-order valence-corrected chi connectivity index (χ1v) is 6.96. The Hall–Kier alpha value is -1.05. The Labute approximate surface area is 105 Å². The summed E-state index contributed by atoms with van der Waals surface area (Å²) in [5, 5.41) is 3.03. The van der Waals surface area contributed by atoms with Crippen LogP contribution in [-0.4, -0.2) is 11.9 Å². The third-order valence-electron chi connectivity index (χ3n) is 3.17. The molecule has 0 heterocycles. The van der Waals surface area contributed by atoms with Crippen LogP contribution in [0.1, 0.15) is 58.3 Å². The van der Waals surface area contributed by atoms with E-state index in [4.69, 9.17) is 0 Å². The topological polar surface area (TPSA) is 29.1 Å². The van der Waals surface area contributed by atoms with Crippen molar-refractivity contribution in [1.82, 2.24) is 5.32 Å². The van der Waals surface area contributed by atoms with Crippen molar-refractivity contribution < 1.29 is 4.79 Å². The fourth-order valence-corrected chi connectivity index (χ4v) is 2.15. The van der Waals surface area contributed by atoms with Crippen molar-refractivity contribution in [2.45, 2.75) is 64.3 Å². The zero-order valence-corrected chi connectivity index (χ0v) is 11.0. The highest BCUT2D eigenvalue weighted by atomic mass is 16.1. The predicted octanol–water partition coefficient (Wildman–Crippen LogP) is 3.74. The van der Waals surface area contributed by atoms with Crippen molar-refractivity contribution in [3.8, 4) is 0 Å². The molecular formula is C15H25NO. The van der Waals surface area contributed by atoms with Crippen molar-refractivity contribution >= 4 is 5.91 Å². The highest BCUT2D eigenvalue weighted by Crippen LogP contribution is 2.17. The Kier molecular flexibility index (Phi) is 7.44. The van der Waals surface area contributed by atoms with Crippen LogP contribution in [0.4, 0.5) is 0 Å². The van der Waals surface area contributed by atoms with Gasteiger partial charge in [0.25, 0.3) is 0 Å². The van der Waals surface area contributed by atoms with Gasteiger partial charge >= 0.3 is 0 Å². The fourth-order valence-electron chi connectivity index (χ4n) is 2.15. The van der Waals surface area contributed by atoms with Crippen LogP contribution in [0.5, 0.6) is 0 Å². The van der Waals surface area contributed by atoms with Gasteiger partial charge in [-0.2, -0.15) is 0 Å². The van der Waals surface area contributed by atoms with Gasteiger partial charge in [-0.3, -0.25) is 4.79 Å². The van der Waals surface area contributed by atoms with Gasteiger partial charge < -0.3 is 5.32 Å². The standard InChI is InChI=1S/C15H25NO/c1-2-3-4-5-6-7-8-13-15(17)16-14-11-9-10-12-14/h6-8,13-14H,2-5,9-12H2,1H3,(H,16,17)/b7-6-,13-8+. The molecule has 0 aromatic rings. The van der Waals surface area contributed by atoms with E-state index in [1.165, 1.54) is 32.1 Å². The van der Waals surface area contributed by atoms with Crippen LogP contribution in [0.25, 0.3) is 0 Å². The summed E-state index contributed by atoms with van der Waals surface area (Å²) in [6.07, 6.45) is 17.3. The average Bonchev–Trinajstić information content (AvgIpc) is 2.80. The minimum Gasteiger partial charge on any atom is -0.350 e. The first kappa shape index (κ1) is 14.0. The molecule has 0 aliphatic heterocycles. The van der Waals surface area contributed by atoms with E-state index in [0.29, 0.717) is 6.04 Å². The molecule has 1 aliphatic rings. The van der Waals surface area contributed by atoms with Gasteiger partial charge in [-0.15, -0.1) is 0 Å². The molecule has 0 aromatic carbocycles. The van der Waals surface area contributed by atoms with E-state index in [-0.39, 0.29) is 5.91 Å². The van der Waals surface area contributed by atoms with Gasteiger partial charge in [0.2, 0.25) is 5.91 Å². The normalized spacial score (nSPS) is 17.2. The van der Waals surface area contributed by atoms with Crippen LogP contribution in [0.15, 0.2) is 24.3 Å². The zero-order valence-electron chi connectivity index (χ0n) is 11.0. The number of hydrogen-bond donors (Lipinski definition) is 1. The molecule has 0 spiro atoms. The number of amides is 1. The number of rotatable bonds is 7. The SMILES string of the molecule is CCCCC/C=C\C=C\C(=O)NC1CCCC1. The van der Waals surface area contributed by atoms with E-state index in [0.717, 1.165) is 19.3 Å². The summed E-state index contributed by atoms with van der Waals surface area (Å²) in [6.45, 7) is 2.21. The molecule has 1 rings (SSSR count). The van der Waals surface area contributed by atoms with E-state index in [1.807, 2.05) is 12.2 Å². The molecule has 96 valence electrons. The summed E-state index contributed by atoms with van der Waals surface area (Å²) in [4.78, 5) is 11.5. The van der Waals surface area contributed by atoms with Crippen LogP contribution >= 0.6 is 0 Å². The predicted molar refractivity (Wildman–Crippen MR) is 72.8 cm³/mol. The number of hydrogen-bond acceptors (Lipinski definition) is 1. The summed E-state index contributed by atoms with van der Waals surface area (Å²) in [5.74, 6) is 0.0510. The van der Waals surface area contributed by atoms with Gasteiger partial charge in [-0.05, 0) is 25.7 Å². The van der Waals surface area contributed by atoms with E-state index >= 15 is 0 Å². The molecule has 0 radical (unpaired) electrons. The Morgan fingerprint density at radius 1 is 1.24 bits per heavy atom. The third kappa shape index (κ3) is 6.98. The fraction of sp³-hybridized carbons (Fsp3) is 0.667. The zero-order chi connectivity index (χ0) is 12.3. The van der Waals surface area contributed by atoms with Crippen LogP contribution in [0.2, 0.25) is 0 Å². The molecule has 0 bridgehead atoms. The summed E-state index contributed by atoms with van der Waals surface area (Å²) >= 11 is 0. The third-order valence-corrected chi connectivity index (χ3v) is 3.17. The molecule has 1 saturated carbocycles. The number of carbonyl (C=O) groups excluding carboxylic acids is 1. The van der Waals surface area contributed by atoms with Gasteiger partial charge in [0.1, 0.15) is 0 Å². The molecular weight excluding hydrogens is 210 g/mol. The lowest BCUT2D eigenvalue weighted by molar-refractivity contribution is -0.117. The molecule has 2 nitrogen and oxygen atoms in total. The quantitative estimate of drug-likeness (QED) is 0.406. The molecule has 2 heteroatoms. The summed E-state index contributed by atoms with van der Waals surface area (Å²) < 4.78 is 0. The van der Waals surface area contributed by atoms with E-state index in [1.54, 1.807) is 6.08 Å². The molecule has 1 N–H and O–H groups in total. The Morgan fingerprint density at radius 3 is 2.71 bits per heavy atom. The van der Waals surface area contributed by atoms with Crippen molar-refractivity contribution in [1.29, 1.82) is 0 Å². The largest absolute Gasteiger partial charge is 0.350 e. The Morgan fingerprint density at radius 2 is 2.00 bits per heavy atom.